The van der Waals surface area contributed by atoms with Crippen molar-refractivity contribution < 1.29 is 30.7 Å². The van der Waals surface area contributed by atoms with Crippen LogP contribution in [0.3, 0.4) is 0 Å². The number of rotatable bonds is 8. The molecule has 1 amide bonds. The van der Waals surface area contributed by atoms with Crippen molar-refractivity contribution in [2.75, 3.05) is 5.32 Å². The van der Waals surface area contributed by atoms with E-state index in [4.69, 9.17) is 4.18 Å². The van der Waals surface area contributed by atoms with Crippen LogP contribution in [0.1, 0.15) is 27.8 Å². The van der Waals surface area contributed by atoms with Gasteiger partial charge < -0.3 is 9.50 Å². The van der Waals surface area contributed by atoms with E-state index in [-0.39, 0.29) is 26.0 Å². The van der Waals surface area contributed by atoms with Crippen LogP contribution in [0.5, 0.6) is 5.75 Å². The van der Waals surface area contributed by atoms with E-state index >= 15 is 0 Å². The summed E-state index contributed by atoms with van der Waals surface area (Å²) in [6.45, 7) is 5.50. The highest BCUT2D eigenvalue weighted by Crippen LogP contribution is 2.41. The van der Waals surface area contributed by atoms with E-state index in [1.165, 1.54) is 36.4 Å². The minimum absolute atomic E-state index is 0.0686. The van der Waals surface area contributed by atoms with Crippen LogP contribution >= 0.6 is 11.8 Å². The zero-order chi connectivity index (χ0) is 31.8. The molecule has 44 heavy (non-hydrogen) atoms. The second kappa shape index (κ2) is 11.9. The molecule has 0 aromatic heterocycles. The van der Waals surface area contributed by atoms with Gasteiger partial charge in [0.1, 0.15) is 4.90 Å². The lowest BCUT2D eigenvalue weighted by atomic mass is 10.1. The molecule has 0 spiro atoms. The molecular weight excluding hydrogens is 625 g/mol. The third-order valence-corrected chi connectivity index (χ3v) is 11.0. The number of hydrogen-bond acceptors (Lipinski definition) is 9. The number of amides is 1. The third-order valence-electron chi connectivity index (χ3n) is 6.97. The number of carbonyl (C=O) groups is 1. The molecule has 1 aliphatic rings. The Morgan fingerprint density at radius 3 is 2.20 bits per heavy atom. The fourth-order valence-electron chi connectivity index (χ4n) is 4.54. The van der Waals surface area contributed by atoms with E-state index < -0.39 is 42.2 Å². The second-order valence-corrected chi connectivity index (χ2v) is 14.8. The Labute approximate surface area is 259 Å². The number of nitro benzene ring substituents is 1. The first-order chi connectivity index (χ1) is 20.7. The summed E-state index contributed by atoms with van der Waals surface area (Å²) in [5, 5.41) is 14.5. The van der Waals surface area contributed by atoms with Gasteiger partial charge in [-0.2, -0.15) is 8.42 Å². The lowest BCUT2D eigenvalue weighted by molar-refractivity contribution is -0.385. The molecule has 0 fully saturated rings. The molecule has 4 aromatic carbocycles. The van der Waals surface area contributed by atoms with E-state index in [1.54, 1.807) is 25.1 Å². The highest BCUT2D eigenvalue weighted by Gasteiger charge is 2.27. The molecule has 13 heteroatoms. The maximum atomic E-state index is 13.2. The number of aryl methyl sites for hydroxylation is 3. The highest BCUT2D eigenvalue weighted by molar-refractivity contribution is 8.04. The van der Waals surface area contributed by atoms with Gasteiger partial charge in [0.2, 0.25) is 5.75 Å². The summed E-state index contributed by atoms with van der Waals surface area (Å²) < 4.78 is 57.0. The SMILES string of the molecule is Cc1ccc(S(=O)(=O)Oc2ccc(/C=C3\Sc4ccc(S(=O)(=O)Cc5c(C)cccc5C)cc4NC3=O)cc2[N+](=O)[O-])cc1. The van der Waals surface area contributed by atoms with E-state index in [0.29, 0.717) is 10.6 Å². The van der Waals surface area contributed by atoms with Gasteiger partial charge in [-0.15, -0.1) is 0 Å². The Hall–Kier alpha value is -4.46. The summed E-state index contributed by atoms with van der Waals surface area (Å²) >= 11 is 1.07. The zero-order valence-corrected chi connectivity index (χ0v) is 26.2. The summed E-state index contributed by atoms with van der Waals surface area (Å²) in [7, 11) is -8.05. The lowest BCUT2D eigenvalue weighted by Crippen LogP contribution is -2.18. The summed E-state index contributed by atoms with van der Waals surface area (Å²) in [5.74, 6) is -1.18. The Balaban J connectivity index is 1.39. The second-order valence-electron chi connectivity index (χ2n) is 10.2. The number of benzene rings is 4. The van der Waals surface area contributed by atoms with Gasteiger partial charge in [0, 0.05) is 11.0 Å². The minimum atomic E-state index is -4.34. The molecule has 1 heterocycles. The highest BCUT2D eigenvalue weighted by atomic mass is 32.2. The van der Waals surface area contributed by atoms with Gasteiger partial charge in [0.15, 0.2) is 9.84 Å². The van der Waals surface area contributed by atoms with Crippen molar-refractivity contribution >= 4 is 55.1 Å². The molecule has 1 N–H and O–H groups in total. The quantitative estimate of drug-likeness (QED) is 0.0996. The topological polar surface area (TPSA) is 150 Å². The molecule has 0 bridgehead atoms. The van der Waals surface area contributed by atoms with Crippen molar-refractivity contribution in [3.8, 4) is 5.75 Å². The smallest absolute Gasteiger partial charge is 0.339 e. The van der Waals surface area contributed by atoms with Crippen LogP contribution in [0, 0.1) is 30.9 Å². The average Bonchev–Trinajstić information content (AvgIpc) is 2.96. The van der Waals surface area contributed by atoms with Gasteiger partial charge in [-0.05, 0) is 85.5 Å². The number of sulfone groups is 1. The van der Waals surface area contributed by atoms with Crippen LogP contribution in [0.4, 0.5) is 11.4 Å². The molecule has 0 saturated carbocycles. The minimum Gasteiger partial charge on any atom is -0.372 e. The molecule has 0 saturated heterocycles. The molecule has 4 aromatic rings. The molecule has 0 unspecified atom stereocenters. The van der Waals surface area contributed by atoms with Gasteiger partial charge in [-0.1, -0.05) is 53.7 Å². The van der Waals surface area contributed by atoms with Crippen molar-refractivity contribution in [3.63, 3.8) is 0 Å². The predicted octanol–water partition coefficient (Wildman–Crippen LogP) is 6.35. The monoisotopic (exact) mass is 650 g/mol. The van der Waals surface area contributed by atoms with E-state index in [2.05, 4.69) is 5.32 Å². The van der Waals surface area contributed by atoms with Crippen LogP contribution in [0.15, 0.2) is 98.5 Å². The number of hydrogen-bond donors (Lipinski definition) is 1. The normalized spacial score (nSPS) is 14.2. The van der Waals surface area contributed by atoms with E-state index in [0.717, 1.165) is 46.1 Å². The summed E-state index contributed by atoms with van der Waals surface area (Å²) in [4.78, 5) is 24.7. The lowest BCUT2D eigenvalue weighted by Gasteiger charge is -2.20. The Morgan fingerprint density at radius 1 is 0.886 bits per heavy atom. The number of nitrogens with one attached hydrogen (secondary N) is 1. The van der Waals surface area contributed by atoms with E-state index in [1.807, 2.05) is 32.0 Å². The molecule has 226 valence electrons. The first-order valence-electron chi connectivity index (χ1n) is 13.2. The summed E-state index contributed by atoms with van der Waals surface area (Å²) in [5.41, 5.74) is 3.29. The van der Waals surface area contributed by atoms with Gasteiger partial charge in [-0.25, -0.2) is 8.42 Å². The molecular formula is C31H26N2O8S3. The van der Waals surface area contributed by atoms with Gasteiger partial charge >= 0.3 is 15.8 Å². The van der Waals surface area contributed by atoms with Gasteiger partial charge in [0.25, 0.3) is 5.91 Å². The molecule has 0 radical (unpaired) electrons. The Morgan fingerprint density at radius 2 is 1.55 bits per heavy atom. The van der Waals surface area contributed by atoms with Gasteiger partial charge in [0.05, 0.1) is 26.2 Å². The third kappa shape index (κ3) is 6.54. The van der Waals surface area contributed by atoms with Crippen molar-refractivity contribution in [2.24, 2.45) is 0 Å². The van der Waals surface area contributed by atoms with Crippen molar-refractivity contribution in [3.05, 3.63) is 122 Å². The maximum Gasteiger partial charge on any atom is 0.339 e. The molecule has 0 aliphatic carbocycles. The fraction of sp³-hybridized carbons (Fsp3) is 0.129. The number of thioether (sulfide) groups is 1. The number of fused-ring (bicyclic) bond motifs is 1. The van der Waals surface area contributed by atoms with Gasteiger partial charge in [-0.3, -0.25) is 14.9 Å². The number of nitrogens with zero attached hydrogens (tertiary/aromatic N) is 1. The maximum absolute atomic E-state index is 13.2. The number of anilines is 1. The largest absolute Gasteiger partial charge is 0.372 e. The first kappa shape index (κ1) is 31.0. The van der Waals surface area contributed by atoms with Crippen LogP contribution in [0.2, 0.25) is 0 Å². The standard InChI is InChI=1S/C31H26N2O8S3/c1-19-7-10-23(11-8-19)44(39,40)41-28-13-9-22(15-27(28)33(35)36)16-30-31(34)32-26-17-24(12-14-29(26)42-30)43(37,38)18-25-20(2)5-4-6-21(25)3/h4-17H,18H2,1-3H3,(H,32,34)/b30-16-. The Bertz CT molecular complexity index is 2050. The predicted molar refractivity (Wildman–Crippen MR) is 168 cm³/mol. The molecule has 10 nitrogen and oxygen atoms in total. The van der Waals surface area contributed by atoms with Crippen LogP contribution in [0.25, 0.3) is 6.08 Å². The van der Waals surface area contributed by atoms with Crippen LogP contribution < -0.4 is 9.50 Å². The zero-order valence-electron chi connectivity index (χ0n) is 23.7. The average molecular weight is 651 g/mol. The molecule has 0 atom stereocenters. The van der Waals surface area contributed by atoms with Crippen molar-refractivity contribution in [2.45, 2.75) is 41.2 Å². The fourth-order valence-corrected chi connectivity index (χ4v) is 7.99. The summed E-state index contributed by atoms with van der Waals surface area (Å²) in [6, 6.07) is 19.6. The summed E-state index contributed by atoms with van der Waals surface area (Å²) in [6.07, 6.45) is 1.42. The first-order valence-corrected chi connectivity index (χ1v) is 17.0. The van der Waals surface area contributed by atoms with E-state index in [9.17, 15) is 31.7 Å². The molecule has 5 rings (SSSR count). The van der Waals surface area contributed by atoms with Crippen molar-refractivity contribution in [1.82, 2.24) is 0 Å². The number of nitro groups is 1. The van der Waals surface area contributed by atoms with Crippen LogP contribution in [-0.4, -0.2) is 27.7 Å². The van der Waals surface area contributed by atoms with Crippen LogP contribution in [-0.2, 0) is 30.5 Å². The van der Waals surface area contributed by atoms with Crippen molar-refractivity contribution in [1.29, 1.82) is 0 Å². The Kier molecular flexibility index (Phi) is 8.38. The molecule has 1 aliphatic heterocycles. The number of carbonyl (C=O) groups excluding carboxylic acids is 1.